The van der Waals surface area contributed by atoms with Crippen molar-refractivity contribution >= 4 is 29.3 Å². The molecule has 10 nitrogen and oxygen atoms in total. The number of hydrogen-bond donors (Lipinski definition) is 2. The van der Waals surface area contributed by atoms with Crippen molar-refractivity contribution in [1.29, 1.82) is 0 Å². The van der Waals surface area contributed by atoms with Gasteiger partial charge < -0.3 is 20.1 Å². The van der Waals surface area contributed by atoms with E-state index < -0.39 is 5.25 Å². The zero-order valence-corrected chi connectivity index (χ0v) is 19.9. The summed E-state index contributed by atoms with van der Waals surface area (Å²) in [6, 6.07) is 11.0. The molecule has 0 radical (unpaired) electrons. The van der Waals surface area contributed by atoms with Crippen molar-refractivity contribution < 1.29 is 19.1 Å². The number of anilines is 1. The zero-order valence-electron chi connectivity index (χ0n) is 19.1. The maximum absolute atomic E-state index is 12.6. The number of carbonyl (C=O) groups is 2. The molecule has 0 saturated heterocycles. The van der Waals surface area contributed by atoms with Gasteiger partial charge in [-0.2, -0.15) is 4.68 Å². The molecule has 0 aliphatic carbocycles. The fraction of sp³-hybridized carbons (Fsp3) is 0.318. The number of hydrogen-bond acceptors (Lipinski definition) is 8. The molecular formula is C22H26N6O4S. The van der Waals surface area contributed by atoms with Gasteiger partial charge in [0.15, 0.2) is 0 Å². The smallest absolute Gasteiger partial charge is 0.243 e. The minimum absolute atomic E-state index is 0.147. The van der Waals surface area contributed by atoms with Crippen molar-refractivity contribution in [3.05, 3.63) is 47.5 Å². The Morgan fingerprint density at radius 3 is 2.52 bits per heavy atom. The molecule has 1 unspecified atom stereocenters. The highest BCUT2D eigenvalue weighted by molar-refractivity contribution is 8.00. The number of benzene rings is 2. The predicted octanol–water partition coefficient (Wildman–Crippen LogP) is 2.53. The fourth-order valence-corrected chi connectivity index (χ4v) is 3.91. The van der Waals surface area contributed by atoms with Crippen LogP contribution >= 0.6 is 11.8 Å². The molecule has 0 bridgehead atoms. The van der Waals surface area contributed by atoms with Crippen LogP contribution in [0.5, 0.6) is 11.5 Å². The molecule has 0 spiro atoms. The van der Waals surface area contributed by atoms with E-state index in [1.165, 1.54) is 4.68 Å². The second-order valence-electron chi connectivity index (χ2n) is 7.20. The molecule has 0 saturated carbocycles. The Bertz CT molecular complexity index is 1130. The number of methoxy groups -OCH3 is 2. The minimum atomic E-state index is -0.556. The summed E-state index contributed by atoms with van der Waals surface area (Å²) in [5, 5.41) is 17.1. The number of ether oxygens (including phenoxy) is 2. The van der Waals surface area contributed by atoms with Crippen LogP contribution < -0.4 is 20.1 Å². The van der Waals surface area contributed by atoms with Crippen LogP contribution in [0.25, 0.3) is 5.69 Å². The Hall–Kier alpha value is -3.60. The van der Waals surface area contributed by atoms with Crippen molar-refractivity contribution in [1.82, 2.24) is 25.5 Å². The Balaban J connectivity index is 1.64. The van der Waals surface area contributed by atoms with Crippen LogP contribution in [-0.4, -0.2) is 58.0 Å². The molecule has 2 N–H and O–H groups in total. The number of carbonyl (C=O) groups excluding carboxylic acids is 2. The average molecular weight is 471 g/mol. The van der Waals surface area contributed by atoms with Gasteiger partial charge in [0.25, 0.3) is 0 Å². The van der Waals surface area contributed by atoms with Crippen molar-refractivity contribution in [2.24, 2.45) is 0 Å². The number of nitrogens with zero attached hydrogens (tertiary/aromatic N) is 4. The summed E-state index contributed by atoms with van der Waals surface area (Å²) in [7, 11) is 3.10. The summed E-state index contributed by atoms with van der Waals surface area (Å²) in [6.45, 7) is 5.40. The van der Waals surface area contributed by atoms with E-state index in [4.69, 9.17) is 9.47 Å². The van der Waals surface area contributed by atoms with Gasteiger partial charge in [0.2, 0.25) is 17.0 Å². The Morgan fingerprint density at radius 2 is 1.85 bits per heavy atom. The monoisotopic (exact) mass is 470 g/mol. The standard InChI is InChI=1S/C22H26N6O4S/c1-13-7-6-8-14(2)20(13)24-19(29)12-23-21(30)15(3)33-22-25-26-27-28(22)17-11-16(31-4)9-10-18(17)32-5/h6-11,15H,12H2,1-5H3,(H,23,30)(H,24,29). The fourth-order valence-electron chi connectivity index (χ4n) is 3.08. The summed E-state index contributed by atoms with van der Waals surface area (Å²) in [5.41, 5.74) is 3.24. The molecule has 3 aromatic rings. The molecular weight excluding hydrogens is 444 g/mol. The summed E-state index contributed by atoms with van der Waals surface area (Å²) in [6.07, 6.45) is 0. The van der Waals surface area contributed by atoms with Crippen molar-refractivity contribution in [2.45, 2.75) is 31.2 Å². The SMILES string of the molecule is COc1ccc(OC)c(-n2nnnc2SC(C)C(=O)NCC(=O)Nc2c(C)cccc2C)c1. The van der Waals surface area contributed by atoms with Crippen molar-refractivity contribution in [2.75, 3.05) is 26.1 Å². The maximum Gasteiger partial charge on any atom is 0.243 e. The summed E-state index contributed by atoms with van der Waals surface area (Å²) in [4.78, 5) is 24.9. The minimum Gasteiger partial charge on any atom is -0.497 e. The molecule has 33 heavy (non-hydrogen) atoms. The lowest BCUT2D eigenvalue weighted by Crippen LogP contribution is -2.37. The topological polar surface area (TPSA) is 120 Å². The van der Waals surface area contributed by atoms with Crippen molar-refractivity contribution in [3.8, 4) is 17.2 Å². The highest BCUT2D eigenvalue weighted by Crippen LogP contribution is 2.30. The molecule has 3 rings (SSSR count). The van der Waals surface area contributed by atoms with Gasteiger partial charge in [-0.3, -0.25) is 9.59 Å². The van der Waals surface area contributed by atoms with E-state index in [1.54, 1.807) is 39.3 Å². The zero-order chi connectivity index (χ0) is 24.0. The highest BCUT2D eigenvalue weighted by Gasteiger charge is 2.21. The summed E-state index contributed by atoms with van der Waals surface area (Å²) in [5.74, 6) is 0.538. The summed E-state index contributed by atoms with van der Waals surface area (Å²) < 4.78 is 12.2. The average Bonchev–Trinajstić information content (AvgIpc) is 3.27. The normalized spacial score (nSPS) is 11.5. The maximum atomic E-state index is 12.6. The second-order valence-corrected chi connectivity index (χ2v) is 8.51. The quantitative estimate of drug-likeness (QED) is 0.458. The van der Waals surface area contributed by atoms with E-state index in [-0.39, 0.29) is 18.4 Å². The number of nitrogens with one attached hydrogen (secondary N) is 2. The third-order valence-electron chi connectivity index (χ3n) is 4.88. The van der Waals surface area contributed by atoms with Gasteiger partial charge in [-0.15, -0.1) is 5.10 Å². The number of amides is 2. The molecule has 1 heterocycles. The molecule has 0 aliphatic rings. The van der Waals surface area contributed by atoms with Crippen LogP contribution in [0.1, 0.15) is 18.1 Å². The first kappa shape index (κ1) is 24.1. The van der Waals surface area contributed by atoms with Gasteiger partial charge in [-0.25, -0.2) is 0 Å². The number of thioether (sulfide) groups is 1. The lowest BCUT2D eigenvalue weighted by molar-refractivity contribution is -0.123. The van der Waals surface area contributed by atoms with Gasteiger partial charge in [0.1, 0.15) is 17.2 Å². The number of tetrazole rings is 1. The Labute approximate surface area is 196 Å². The van der Waals surface area contributed by atoms with Gasteiger partial charge in [-0.1, -0.05) is 30.0 Å². The van der Waals surface area contributed by atoms with E-state index >= 15 is 0 Å². The van der Waals surface area contributed by atoms with Crippen LogP contribution in [0.4, 0.5) is 5.69 Å². The van der Waals surface area contributed by atoms with Crippen LogP contribution in [0.15, 0.2) is 41.6 Å². The molecule has 1 atom stereocenters. The van der Waals surface area contributed by atoms with Crippen LogP contribution in [0, 0.1) is 13.8 Å². The molecule has 2 aromatic carbocycles. The largest absolute Gasteiger partial charge is 0.497 e. The van der Waals surface area contributed by atoms with E-state index in [0.29, 0.717) is 22.3 Å². The molecule has 2 amide bonds. The lowest BCUT2D eigenvalue weighted by atomic mass is 10.1. The number of aromatic nitrogens is 4. The van der Waals surface area contributed by atoms with Crippen molar-refractivity contribution in [3.63, 3.8) is 0 Å². The molecule has 0 fully saturated rings. The number of rotatable bonds is 9. The predicted molar refractivity (Wildman–Crippen MR) is 125 cm³/mol. The molecule has 11 heteroatoms. The van der Waals surface area contributed by atoms with Gasteiger partial charge in [-0.05, 0) is 54.5 Å². The first-order valence-electron chi connectivity index (χ1n) is 10.1. The third kappa shape index (κ3) is 5.80. The van der Waals surface area contributed by atoms with E-state index in [1.807, 2.05) is 32.0 Å². The van der Waals surface area contributed by atoms with E-state index in [0.717, 1.165) is 28.6 Å². The number of aryl methyl sites for hydroxylation is 2. The Kier molecular flexibility index (Phi) is 7.88. The second kappa shape index (κ2) is 10.8. The van der Waals surface area contributed by atoms with Crippen LogP contribution in [0.2, 0.25) is 0 Å². The number of para-hydroxylation sites is 1. The molecule has 174 valence electrons. The van der Waals surface area contributed by atoms with Gasteiger partial charge in [0, 0.05) is 11.8 Å². The van der Waals surface area contributed by atoms with Crippen LogP contribution in [0.3, 0.4) is 0 Å². The third-order valence-corrected chi connectivity index (χ3v) is 5.91. The first-order chi connectivity index (χ1) is 15.8. The van der Waals surface area contributed by atoms with E-state index in [2.05, 4.69) is 26.2 Å². The van der Waals surface area contributed by atoms with Gasteiger partial charge >= 0.3 is 0 Å². The molecule has 0 aliphatic heterocycles. The lowest BCUT2D eigenvalue weighted by Gasteiger charge is -2.14. The van der Waals surface area contributed by atoms with Crippen LogP contribution in [-0.2, 0) is 9.59 Å². The van der Waals surface area contributed by atoms with Gasteiger partial charge in [0.05, 0.1) is 26.0 Å². The Morgan fingerprint density at radius 1 is 1.12 bits per heavy atom. The summed E-state index contributed by atoms with van der Waals surface area (Å²) >= 11 is 1.16. The highest BCUT2D eigenvalue weighted by atomic mass is 32.2. The van der Waals surface area contributed by atoms with E-state index in [9.17, 15) is 9.59 Å². The molecule has 1 aromatic heterocycles. The first-order valence-corrected chi connectivity index (χ1v) is 11.0.